The highest BCUT2D eigenvalue weighted by molar-refractivity contribution is 5.82. The lowest BCUT2D eigenvalue weighted by Crippen LogP contribution is -2.31. The van der Waals surface area contributed by atoms with Crippen LogP contribution in [-0.4, -0.2) is 20.9 Å². The first kappa shape index (κ1) is 19.2. The third-order valence-corrected chi connectivity index (χ3v) is 4.62. The number of nitrogens with zero attached hydrogens (tertiary/aromatic N) is 2. The van der Waals surface area contributed by atoms with Crippen LogP contribution in [0.4, 0.5) is 5.69 Å². The summed E-state index contributed by atoms with van der Waals surface area (Å²) < 4.78 is 1.07. The third-order valence-electron chi connectivity index (χ3n) is 4.62. The summed E-state index contributed by atoms with van der Waals surface area (Å²) in [6.45, 7) is 7.70. The number of aromatic hydroxyl groups is 1. The van der Waals surface area contributed by atoms with Crippen molar-refractivity contribution in [1.82, 2.24) is 9.55 Å². The number of aryl methyl sites for hydroxylation is 4. The molecule has 0 saturated heterocycles. The summed E-state index contributed by atoms with van der Waals surface area (Å²) in [5, 5.41) is 14.7. The number of nitrogens with one attached hydrogen (secondary N) is 2. The monoisotopic (exact) mass is 378 g/mol. The highest BCUT2D eigenvalue weighted by Gasteiger charge is 2.15. The van der Waals surface area contributed by atoms with Gasteiger partial charge in [0.1, 0.15) is 5.56 Å². The van der Waals surface area contributed by atoms with Gasteiger partial charge in [-0.25, -0.2) is 9.36 Å². The van der Waals surface area contributed by atoms with Crippen LogP contribution in [-0.2, 0) is 0 Å². The van der Waals surface area contributed by atoms with Crippen LogP contribution >= 0.6 is 0 Å². The lowest BCUT2D eigenvalue weighted by Gasteiger charge is -2.13. The molecule has 0 aliphatic carbocycles. The van der Waals surface area contributed by atoms with Crippen molar-refractivity contribution in [2.75, 3.05) is 5.43 Å². The van der Waals surface area contributed by atoms with Gasteiger partial charge in [0.15, 0.2) is 0 Å². The van der Waals surface area contributed by atoms with E-state index < -0.39 is 17.1 Å². The number of benzene rings is 2. The summed E-state index contributed by atoms with van der Waals surface area (Å²) in [5.41, 5.74) is 6.49. The van der Waals surface area contributed by atoms with Gasteiger partial charge in [0.2, 0.25) is 5.88 Å². The molecule has 7 heteroatoms. The number of hydrogen-bond acceptors (Lipinski definition) is 5. The van der Waals surface area contributed by atoms with Gasteiger partial charge in [0.05, 0.1) is 17.6 Å². The first-order valence-corrected chi connectivity index (χ1v) is 8.80. The van der Waals surface area contributed by atoms with Crippen molar-refractivity contribution in [2.24, 2.45) is 5.10 Å². The zero-order valence-electron chi connectivity index (χ0n) is 16.2. The van der Waals surface area contributed by atoms with E-state index in [0.717, 1.165) is 32.5 Å². The molecule has 3 rings (SSSR count). The van der Waals surface area contributed by atoms with Crippen molar-refractivity contribution in [1.29, 1.82) is 0 Å². The maximum atomic E-state index is 12.3. The molecule has 3 N–H and O–H groups in total. The minimum absolute atomic E-state index is 0.114. The van der Waals surface area contributed by atoms with Gasteiger partial charge in [0.25, 0.3) is 5.56 Å². The summed E-state index contributed by atoms with van der Waals surface area (Å²) in [5.74, 6) is -0.465. The maximum Gasteiger partial charge on any atom is 0.335 e. The van der Waals surface area contributed by atoms with E-state index in [1.807, 2.05) is 58.0 Å². The van der Waals surface area contributed by atoms with Crippen molar-refractivity contribution in [2.45, 2.75) is 27.7 Å². The summed E-state index contributed by atoms with van der Waals surface area (Å²) in [4.78, 5) is 26.7. The lowest BCUT2D eigenvalue weighted by atomic mass is 10.1. The predicted molar refractivity (Wildman–Crippen MR) is 111 cm³/mol. The number of aromatic nitrogens is 2. The second-order valence-electron chi connectivity index (χ2n) is 6.79. The van der Waals surface area contributed by atoms with E-state index in [1.165, 1.54) is 6.21 Å². The normalized spacial score (nSPS) is 11.1. The maximum absolute atomic E-state index is 12.3. The van der Waals surface area contributed by atoms with E-state index in [9.17, 15) is 14.7 Å². The standard InChI is InChI=1S/C21H22N4O3/c1-12-5-6-14(3)18(9-12)25-20(27)17(19(26)23-21(25)28)11-22-24-16-8-7-13(2)15(4)10-16/h5-11,24,27H,1-4H3,(H,23,26,28). The Bertz CT molecular complexity index is 1190. The smallest absolute Gasteiger partial charge is 0.335 e. The Kier molecular flexibility index (Phi) is 5.17. The molecule has 2 aromatic carbocycles. The topological polar surface area (TPSA) is 99.5 Å². The molecule has 0 bridgehead atoms. The average Bonchev–Trinajstić information content (AvgIpc) is 2.63. The van der Waals surface area contributed by atoms with Gasteiger partial charge in [0, 0.05) is 0 Å². The Morgan fingerprint density at radius 1 is 1.00 bits per heavy atom. The quantitative estimate of drug-likeness (QED) is 0.480. The molecule has 0 radical (unpaired) electrons. The fourth-order valence-corrected chi connectivity index (χ4v) is 2.82. The molecule has 28 heavy (non-hydrogen) atoms. The van der Waals surface area contributed by atoms with Crippen LogP contribution < -0.4 is 16.7 Å². The van der Waals surface area contributed by atoms with Gasteiger partial charge in [-0.1, -0.05) is 18.2 Å². The second kappa shape index (κ2) is 7.56. The Balaban J connectivity index is 2.02. The predicted octanol–water partition coefficient (Wildman–Crippen LogP) is 2.91. The summed E-state index contributed by atoms with van der Waals surface area (Å²) >= 11 is 0. The van der Waals surface area contributed by atoms with Gasteiger partial charge in [-0.05, 0) is 68.1 Å². The van der Waals surface area contributed by atoms with Gasteiger partial charge in [-0.2, -0.15) is 5.10 Å². The zero-order chi connectivity index (χ0) is 20.4. The number of H-pyrrole nitrogens is 1. The Morgan fingerprint density at radius 2 is 1.71 bits per heavy atom. The summed E-state index contributed by atoms with van der Waals surface area (Å²) in [6, 6.07) is 11.3. The van der Waals surface area contributed by atoms with Crippen LogP contribution in [0.25, 0.3) is 5.69 Å². The molecular weight excluding hydrogens is 356 g/mol. The molecule has 0 amide bonds. The molecule has 3 aromatic rings. The van der Waals surface area contributed by atoms with Crippen molar-refractivity contribution in [3.05, 3.63) is 85.1 Å². The van der Waals surface area contributed by atoms with E-state index in [0.29, 0.717) is 5.69 Å². The van der Waals surface area contributed by atoms with Gasteiger partial charge in [-0.3, -0.25) is 15.2 Å². The van der Waals surface area contributed by atoms with E-state index in [2.05, 4.69) is 15.5 Å². The minimum Gasteiger partial charge on any atom is -0.493 e. The first-order valence-electron chi connectivity index (χ1n) is 8.80. The molecule has 0 fully saturated rings. The molecule has 144 valence electrons. The van der Waals surface area contributed by atoms with Crippen LogP contribution in [0.15, 0.2) is 51.1 Å². The number of hydrazone groups is 1. The molecule has 0 aliphatic heterocycles. The number of aromatic amines is 1. The highest BCUT2D eigenvalue weighted by atomic mass is 16.3. The Morgan fingerprint density at radius 3 is 2.43 bits per heavy atom. The molecule has 0 saturated carbocycles. The van der Waals surface area contributed by atoms with Gasteiger partial charge < -0.3 is 5.11 Å². The fraction of sp³-hybridized carbons (Fsp3) is 0.190. The Labute approximate surface area is 162 Å². The molecule has 0 unspecified atom stereocenters. The third kappa shape index (κ3) is 3.73. The van der Waals surface area contributed by atoms with Crippen molar-refractivity contribution < 1.29 is 5.11 Å². The van der Waals surface area contributed by atoms with Crippen LogP contribution in [0.5, 0.6) is 5.88 Å². The van der Waals surface area contributed by atoms with Gasteiger partial charge in [-0.15, -0.1) is 0 Å². The largest absolute Gasteiger partial charge is 0.493 e. The van der Waals surface area contributed by atoms with Crippen molar-refractivity contribution >= 4 is 11.9 Å². The highest BCUT2D eigenvalue weighted by Crippen LogP contribution is 2.20. The summed E-state index contributed by atoms with van der Waals surface area (Å²) in [6.07, 6.45) is 1.20. The van der Waals surface area contributed by atoms with Crippen molar-refractivity contribution in [3.8, 4) is 11.6 Å². The van der Waals surface area contributed by atoms with Crippen LogP contribution in [0.3, 0.4) is 0 Å². The van der Waals surface area contributed by atoms with E-state index in [1.54, 1.807) is 6.07 Å². The zero-order valence-corrected chi connectivity index (χ0v) is 16.2. The molecule has 1 heterocycles. The van der Waals surface area contributed by atoms with Crippen molar-refractivity contribution in [3.63, 3.8) is 0 Å². The van der Waals surface area contributed by atoms with Crippen LogP contribution in [0.2, 0.25) is 0 Å². The fourth-order valence-electron chi connectivity index (χ4n) is 2.82. The van der Waals surface area contributed by atoms with E-state index in [-0.39, 0.29) is 5.56 Å². The van der Waals surface area contributed by atoms with Crippen LogP contribution in [0, 0.1) is 27.7 Å². The van der Waals surface area contributed by atoms with Crippen LogP contribution in [0.1, 0.15) is 27.8 Å². The van der Waals surface area contributed by atoms with Gasteiger partial charge >= 0.3 is 5.69 Å². The summed E-state index contributed by atoms with van der Waals surface area (Å²) in [7, 11) is 0. The average molecular weight is 378 g/mol. The SMILES string of the molecule is Cc1ccc(C)c(-n2c(O)c(C=NNc3ccc(C)c(C)c3)c(=O)[nH]c2=O)c1. The second-order valence-corrected chi connectivity index (χ2v) is 6.79. The van der Waals surface area contributed by atoms with E-state index in [4.69, 9.17) is 0 Å². The molecule has 7 nitrogen and oxygen atoms in total. The molecule has 0 spiro atoms. The molecule has 1 aromatic heterocycles. The molecule has 0 aliphatic rings. The van der Waals surface area contributed by atoms with E-state index >= 15 is 0 Å². The number of rotatable bonds is 4. The number of hydrogen-bond donors (Lipinski definition) is 3. The lowest BCUT2D eigenvalue weighted by molar-refractivity contribution is 0.430. The molecule has 0 atom stereocenters. The Hall–Kier alpha value is -3.61. The minimum atomic E-state index is -0.713. The first-order chi connectivity index (χ1) is 13.3. The molecular formula is C21H22N4O3. The number of anilines is 1.